The van der Waals surface area contributed by atoms with Crippen LogP contribution in [0.5, 0.6) is 5.75 Å². The van der Waals surface area contributed by atoms with Gasteiger partial charge in [-0.25, -0.2) is 8.42 Å². The van der Waals surface area contributed by atoms with Crippen LogP contribution < -0.4 is 14.4 Å². The first kappa shape index (κ1) is 35.7. The molecule has 4 aromatic carbocycles. The second-order valence-electron chi connectivity index (χ2n) is 13.1. The summed E-state index contributed by atoms with van der Waals surface area (Å²) >= 11 is 0. The summed E-state index contributed by atoms with van der Waals surface area (Å²) in [4.78, 5) is 30.6. The minimum Gasteiger partial charge on any atom is -0.497 e. The Bertz CT molecular complexity index is 1800. The zero-order chi connectivity index (χ0) is 35.0. The Morgan fingerprint density at radius 3 is 2.14 bits per heavy atom. The van der Waals surface area contributed by atoms with E-state index in [1.54, 1.807) is 43.5 Å². The molecule has 49 heavy (non-hydrogen) atoms. The summed E-state index contributed by atoms with van der Waals surface area (Å²) in [5.41, 5.74) is 3.99. The molecule has 0 spiro atoms. The van der Waals surface area contributed by atoms with Gasteiger partial charge in [0.1, 0.15) is 18.3 Å². The molecule has 0 radical (unpaired) electrons. The summed E-state index contributed by atoms with van der Waals surface area (Å²) in [6, 6.07) is 30.0. The van der Waals surface area contributed by atoms with Crippen LogP contribution in [0.15, 0.2) is 108 Å². The van der Waals surface area contributed by atoms with Crippen LogP contribution >= 0.6 is 0 Å². The molecule has 1 saturated carbocycles. The van der Waals surface area contributed by atoms with E-state index in [4.69, 9.17) is 4.74 Å². The molecule has 258 valence electrons. The zero-order valence-corrected chi connectivity index (χ0v) is 29.7. The number of methoxy groups -OCH3 is 1. The fraction of sp³-hybridized carbons (Fsp3) is 0.350. The molecular formula is C40H47N3O5S. The molecule has 0 aliphatic heterocycles. The van der Waals surface area contributed by atoms with Gasteiger partial charge in [0.15, 0.2) is 0 Å². The lowest BCUT2D eigenvalue weighted by Gasteiger charge is -2.34. The molecule has 1 aliphatic carbocycles. The van der Waals surface area contributed by atoms with Crippen LogP contribution in [-0.2, 0) is 32.6 Å². The van der Waals surface area contributed by atoms with Crippen molar-refractivity contribution in [2.45, 2.75) is 82.3 Å². The van der Waals surface area contributed by atoms with Crippen molar-refractivity contribution in [2.75, 3.05) is 18.0 Å². The Morgan fingerprint density at radius 1 is 0.857 bits per heavy atom. The number of anilines is 1. The van der Waals surface area contributed by atoms with E-state index >= 15 is 0 Å². The van der Waals surface area contributed by atoms with E-state index in [9.17, 15) is 18.0 Å². The SMILES string of the molecule is COc1cccc(CN(C(=O)CN(c2ccc(C(C)C)cc2)S(=O)(=O)c2ccc(C)cc2)C(Cc2ccccc2)C(=O)NC2CCCC2)c1. The monoisotopic (exact) mass is 681 g/mol. The van der Waals surface area contributed by atoms with Gasteiger partial charge >= 0.3 is 0 Å². The Labute approximate surface area is 291 Å². The number of benzene rings is 4. The van der Waals surface area contributed by atoms with Gasteiger partial charge < -0.3 is 15.0 Å². The molecule has 1 atom stereocenters. The van der Waals surface area contributed by atoms with Gasteiger partial charge in [-0.2, -0.15) is 0 Å². The van der Waals surface area contributed by atoms with Gasteiger partial charge in [-0.3, -0.25) is 13.9 Å². The molecule has 0 bridgehead atoms. The van der Waals surface area contributed by atoms with E-state index in [-0.39, 0.29) is 35.7 Å². The molecule has 1 N–H and O–H groups in total. The minimum atomic E-state index is -4.17. The van der Waals surface area contributed by atoms with Crippen molar-refractivity contribution in [3.05, 3.63) is 125 Å². The average Bonchev–Trinajstić information content (AvgIpc) is 3.62. The van der Waals surface area contributed by atoms with Crippen LogP contribution in [0.4, 0.5) is 5.69 Å². The van der Waals surface area contributed by atoms with Crippen molar-refractivity contribution in [3.8, 4) is 5.75 Å². The van der Waals surface area contributed by atoms with Crippen molar-refractivity contribution in [1.82, 2.24) is 10.2 Å². The fourth-order valence-corrected chi connectivity index (χ4v) is 7.69. The van der Waals surface area contributed by atoms with Crippen molar-refractivity contribution in [3.63, 3.8) is 0 Å². The zero-order valence-electron chi connectivity index (χ0n) is 28.8. The van der Waals surface area contributed by atoms with E-state index in [0.717, 1.165) is 52.2 Å². The summed E-state index contributed by atoms with van der Waals surface area (Å²) in [7, 11) is -2.60. The van der Waals surface area contributed by atoms with Gasteiger partial charge in [0.05, 0.1) is 17.7 Å². The first-order valence-corrected chi connectivity index (χ1v) is 18.4. The van der Waals surface area contributed by atoms with Crippen LogP contribution in [0.3, 0.4) is 0 Å². The summed E-state index contributed by atoms with van der Waals surface area (Å²) in [6.45, 7) is 5.61. The number of rotatable bonds is 14. The van der Waals surface area contributed by atoms with Crippen LogP contribution in [0.25, 0.3) is 0 Å². The third-order valence-electron chi connectivity index (χ3n) is 9.20. The predicted molar refractivity (Wildman–Crippen MR) is 194 cm³/mol. The normalized spacial score (nSPS) is 14.0. The molecule has 0 heterocycles. The van der Waals surface area contributed by atoms with Gasteiger partial charge in [0.2, 0.25) is 11.8 Å². The third kappa shape index (κ3) is 9.09. The first-order chi connectivity index (χ1) is 23.5. The number of amides is 2. The summed E-state index contributed by atoms with van der Waals surface area (Å²) in [5.74, 6) is 0.122. The molecule has 1 fully saturated rings. The number of nitrogens with one attached hydrogen (secondary N) is 1. The summed E-state index contributed by atoms with van der Waals surface area (Å²) in [5, 5.41) is 3.22. The van der Waals surface area contributed by atoms with Crippen molar-refractivity contribution in [2.24, 2.45) is 0 Å². The number of aryl methyl sites for hydroxylation is 1. The molecular weight excluding hydrogens is 635 g/mol. The average molecular weight is 682 g/mol. The van der Waals surface area contributed by atoms with E-state index in [1.807, 2.05) is 73.7 Å². The lowest BCUT2D eigenvalue weighted by molar-refractivity contribution is -0.140. The number of carbonyl (C=O) groups excluding carboxylic acids is 2. The van der Waals surface area contributed by atoms with E-state index < -0.39 is 28.5 Å². The minimum absolute atomic E-state index is 0.0393. The van der Waals surface area contributed by atoms with Crippen molar-refractivity contribution in [1.29, 1.82) is 0 Å². The fourth-order valence-electron chi connectivity index (χ4n) is 6.28. The highest BCUT2D eigenvalue weighted by Crippen LogP contribution is 2.28. The second kappa shape index (κ2) is 16.2. The highest BCUT2D eigenvalue weighted by molar-refractivity contribution is 7.92. The van der Waals surface area contributed by atoms with Crippen LogP contribution in [-0.4, -0.2) is 50.9 Å². The maximum Gasteiger partial charge on any atom is 0.264 e. The number of nitrogens with zero attached hydrogens (tertiary/aromatic N) is 2. The van der Waals surface area contributed by atoms with Gasteiger partial charge in [0, 0.05) is 19.0 Å². The molecule has 1 unspecified atom stereocenters. The number of hydrogen-bond donors (Lipinski definition) is 1. The number of ether oxygens (including phenoxy) is 1. The third-order valence-corrected chi connectivity index (χ3v) is 11.0. The Balaban J connectivity index is 1.58. The molecule has 8 nitrogen and oxygen atoms in total. The number of sulfonamides is 1. The number of carbonyl (C=O) groups is 2. The van der Waals surface area contributed by atoms with Crippen LogP contribution in [0.2, 0.25) is 0 Å². The van der Waals surface area contributed by atoms with Gasteiger partial charge in [0.25, 0.3) is 10.0 Å². The van der Waals surface area contributed by atoms with Crippen LogP contribution in [0.1, 0.15) is 67.7 Å². The van der Waals surface area contributed by atoms with Gasteiger partial charge in [-0.1, -0.05) is 99.0 Å². The lowest BCUT2D eigenvalue weighted by atomic mass is 10.0. The molecule has 9 heteroatoms. The van der Waals surface area contributed by atoms with E-state index in [1.165, 1.54) is 4.90 Å². The predicted octanol–water partition coefficient (Wildman–Crippen LogP) is 7.02. The topological polar surface area (TPSA) is 96.0 Å². The van der Waals surface area contributed by atoms with Crippen LogP contribution in [0, 0.1) is 6.92 Å². The van der Waals surface area contributed by atoms with Gasteiger partial charge in [-0.05, 0) is 78.8 Å². The Hall–Kier alpha value is -4.63. The quantitative estimate of drug-likeness (QED) is 0.154. The van der Waals surface area contributed by atoms with E-state index in [0.29, 0.717) is 11.4 Å². The molecule has 5 rings (SSSR count). The summed E-state index contributed by atoms with van der Waals surface area (Å²) < 4.78 is 35.3. The molecule has 1 aliphatic rings. The molecule has 0 aromatic heterocycles. The smallest absolute Gasteiger partial charge is 0.264 e. The van der Waals surface area contributed by atoms with Crippen molar-refractivity contribution < 1.29 is 22.7 Å². The highest BCUT2D eigenvalue weighted by atomic mass is 32.2. The Morgan fingerprint density at radius 2 is 1.51 bits per heavy atom. The molecule has 2 amide bonds. The molecule has 0 saturated heterocycles. The molecule has 4 aromatic rings. The van der Waals surface area contributed by atoms with E-state index in [2.05, 4.69) is 19.2 Å². The maximum atomic E-state index is 14.8. The lowest BCUT2D eigenvalue weighted by Crippen LogP contribution is -2.54. The standard InChI is InChI=1S/C40H47N3O5S/c1-29(2)33-19-21-35(22-20-33)43(49(46,47)37-23-17-30(3)18-24-37)28-39(44)42(27-32-13-10-16-36(25-32)48-4)38(26-31-11-6-5-7-12-31)40(45)41-34-14-8-9-15-34/h5-7,10-13,16-25,29,34,38H,8-9,14-15,26-28H2,1-4H3,(H,41,45). The number of hydrogen-bond acceptors (Lipinski definition) is 5. The second-order valence-corrected chi connectivity index (χ2v) is 15.0. The van der Waals surface area contributed by atoms with Gasteiger partial charge in [-0.15, -0.1) is 0 Å². The van der Waals surface area contributed by atoms with Crippen molar-refractivity contribution >= 4 is 27.5 Å². The first-order valence-electron chi connectivity index (χ1n) is 17.0. The maximum absolute atomic E-state index is 14.8. The summed E-state index contributed by atoms with van der Waals surface area (Å²) in [6.07, 6.45) is 4.14. The highest BCUT2D eigenvalue weighted by Gasteiger charge is 2.35. The largest absolute Gasteiger partial charge is 0.497 e. The Kier molecular flexibility index (Phi) is 11.8.